The number of rotatable bonds is 2. The number of aromatic nitrogens is 1. The lowest BCUT2D eigenvalue weighted by molar-refractivity contribution is 0.102. The van der Waals surface area contributed by atoms with E-state index >= 15 is 0 Å². The molecule has 1 aromatic heterocycles. The van der Waals surface area contributed by atoms with Gasteiger partial charge in [0.15, 0.2) is 11.5 Å². The van der Waals surface area contributed by atoms with E-state index in [9.17, 15) is 4.79 Å². The molecule has 100 valence electrons. The first-order valence-corrected chi connectivity index (χ1v) is 6.44. The normalized spacial score (nSPS) is 10.7. The van der Waals surface area contributed by atoms with E-state index in [1.54, 1.807) is 49.4 Å². The third kappa shape index (κ3) is 2.51. The van der Waals surface area contributed by atoms with Gasteiger partial charge in [-0.1, -0.05) is 11.6 Å². The van der Waals surface area contributed by atoms with Gasteiger partial charge in [0, 0.05) is 23.2 Å². The van der Waals surface area contributed by atoms with E-state index in [1.165, 1.54) is 0 Å². The lowest BCUT2D eigenvalue weighted by atomic mass is 10.2. The molecule has 0 aliphatic carbocycles. The molecule has 0 radical (unpaired) electrons. The smallest absolute Gasteiger partial charge is 0.255 e. The Hall–Kier alpha value is -2.33. The van der Waals surface area contributed by atoms with Crippen LogP contribution in [0.5, 0.6) is 0 Å². The highest BCUT2D eigenvalue weighted by Gasteiger charge is 2.09. The van der Waals surface area contributed by atoms with Crippen LogP contribution in [-0.2, 0) is 0 Å². The van der Waals surface area contributed by atoms with E-state index in [1.807, 2.05) is 0 Å². The Balaban J connectivity index is 1.86. The van der Waals surface area contributed by atoms with Crippen molar-refractivity contribution >= 4 is 34.3 Å². The maximum Gasteiger partial charge on any atom is 0.255 e. The van der Waals surface area contributed by atoms with Gasteiger partial charge in [-0.2, -0.15) is 0 Å². The fraction of sp³-hybridized carbons (Fsp3) is 0.0667. The first-order chi connectivity index (χ1) is 9.61. The molecule has 0 saturated carbocycles. The van der Waals surface area contributed by atoms with Crippen LogP contribution in [0.25, 0.3) is 11.1 Å². The molecule has 1 heterocycles. The Morgan fingerprint density at radius 3 is 2.70 bits per heavy atom. The summed E-state index contributed by atoms with van der Waals surface area (Å²) in [5.41, 5.74) is 2.56. The summed E-state index contributed by atoms with van der Waals surface area (Å²) in [6.07, 6.45) is 0. The zero-order chi connectivity index (χ0) is 14.1. The van der Waals surface area contributed by atoms with Crippen LogP contribution in [0.3, 0.4) is 0 Å². The molecule has 2 aromatic carbocycles. The van der Waals surface area contributed by atoms with Gasteiger partial charge in [0.05, 0.1) is 0 Å². The minimum Gasteiger partial charge on any atom is -0.441 e. The Kier molecular flexibility index (Phi) is 3.16. The number of halogens is 1. The van der Waals surface area contributed by atoms with Crippen LogP contribution < -0.4 is 5.32 Å². The predicted molar refractivity (Wildman–Crippen MR) is 78.2 cm³/mol. The average Bonchev–Trinajstić information content (AvgIpc) is 2.80. The number of nitrogens with zero attached hydrogens (tertiary/aromatic N) is 1. The summed E-state index contributed by atoms with van der Waals surface area (Å²) < 4.78 is 5.38. The van der Waals surface area contributed by atoms with E-state index in [4.69, 9.17) is 16.0 Å². The summed E-state index contributed by atoms with van der Waals surface area (Å²) >= 11 is 5.80. The van der Waals surface area contributed by atoms with Gasteiger partial charge in [0.1, 0.15) is 5.52 Å². The zero-order valence-corrected chi connectivity index (χ0v) is 11.4. The van der Waals surface area contributed by atoms with Gasteiger partial charge >= 0.3 is 0 Å². The Morgan fingerprint density at radius 1 is 1.20 bits per heavy atom. The van der Waals surface area contributed by atoms with Gasteiger partial charge in [0.2, 0.25) is 0 Å². The number of fused-ring (bicyclic) bond motifs is 1. The molecule has 1 N–H and O–H groups in total. The Morgan fingerprint density at radius 2 is 1.95 bits per heavy atom. The van der Waals surface area contributed by atoms with Crippen LogP contribution in [0.2, 0.25) is 5.02 Å². The summed E-state index contributed by atoms with van der Waals surface area (Å²) in [7, 11) is 0. The van der Waals surface area contributed by atoms with Gasteiger partial charge in [-0.15, -0.1) is 0 Å². The van der Waals surface area contributed by atoms with Crippen molar-refractivity contribution in [1.29, 1.82) is 0 Å². The molecule has 0 fully saturated rings. The minimum atomic E-state index is -0.199. The summed E-state index contributed by atoms with van der Waals surface area (Å²) in [5, 5.41) is 3.43. The molecular weight excluding hydrogens is 276 g/mol. The summed E-state index contributed by atoms with van der Waals surface area (Å²) in [6.45, 7) is 1.77. The standard InChI is InChI=1S/C15H11ClN2O2/c1-9-17-13-8-10(2-7-14(13)20-9)15(19)18-12-5-3-11(16)4-6-12/h2-8H,1H3,(H,18,19). The van der Waals surface area contributed by atoms with Gasteiger partial charge in [-0.25, -0.2) is 4.98 Å². The molecule has 0 atom stereocenters. The second kappa shape index (κ2) is 4.98. The number of hydrogen-bond acceptors (Lipinski definition) is 3. The van der Waals surface area contributed by atoms with Gasteiger partial charge in [-0.05, 0) is 42.5 Å². The molecule has 3 aromatic rings. The third-order valence-corrected chi connectivity index (χ3v) is 3.11. The highest BCUT2D eigenvalue weighted by Crippen LogP contribution is 2.18. The number of aryl methyl sites for hydroxylation is 1. The molecule has 0 unspecified atom stereocenters. The van der Waals surface area contributed by atoms with Crippen molar-refractivity contribution in [2.45, 2.75) is 6.92 Å². The fourth-order valence-corrected chi connectivity index (χ4v) is 2.05. The second-order valence-corrected chi connectivity index (χ2v) is 4.81. The Bertz CT molecular complexity index is 778. The SMILES string of the molecule is Cc1nc2cc(C(=O)Nc3ccc(Cl)cc3)ccc2o1. The van der Waals surface area contributed by atoms with Crippen LogP contribution in [-0.4, -0.2) is 10.9 Å². The van der Waals surface area contributed by atoms with Gasteiger partial charge < -0.3 is 9.73 Å². The Labute approximate surface area is 120 Å². The van der Waals surface area contributed by atoms with Crippen molar-refractivity contribution < 1.29 is 9.21 Å². The van der Waals surface area contributed by atoms with Crippen molar-refractivity contribution in [2.24, 2.45) is 0 Å². The van der Waals surface area contributed by atoms with Crippen molar-refractivity contribution in [3.05, 3.63) is 58.9 Å². The average molecular weight is 287 g/mol. The van der Waals surface area contributed by atoms with Crippen LogP contribution in [0.15, 0.2) is 46.9 Å². The zero-order valence-electron chi connectivity index (χ0n) is 10.7. The predicted octanol–water partition coefficient (Wildman–Crippen LogP) is 4.04. The maximum atomic E-state index is 12.1. The number of hydrogen-bond donors (Lipinski definition) is 1. The highest BCUT2D eigenvalue weighted by molar-refractivity contribution is 6.30. The molecule has 0 aliphatic heterocycles. The van der Waals surface area contributed by atoms with Crippen molar-refractivity contribution in [3.8, 4) is 0 Å². The number of anilines is 1. The fourth-order valence-electron chi connectivity index (χ4n) is 1.92. The van der Waals surface area contributed by atoms with Crippen LogP contribution in [0.1, 0.15) is 16.2 Å². The largest absolute Gasteiger partial charge is 0.441 e. The molecule has 4 nitrogen and oxygen atoms in total. The number of carbonyl (C=O) groups excluding carboxylic acids is 1. The molecule has 1 amide bonds. The van der Waals surface area contributed by atoms with E-state index in [2.05, 4.69) is 10.3 Å². The van der Waals surface area contributed by atoms with Crippen molar-refractivity contribution in [3.63, 3.8) is 0 Å². The summed E-state index contributed by atoms with van der Waals surface area (Å²) in [4.78, 5) is 16.4. The van der Waals surface area contributed by atoms with E-state index in [0.717, 1.165) is 0 Å². The molecule has 0 saturated heterocycles. The van der Waals surface area contributed by atoms with Gasteiger partial charge in [-0.3, -0.25) is 4.79 Å². The lowest BCUT2D eigenvalue weighted by Gasteiger charge is -2.05. The monoisotopic (exact) mass is 286 g/mol. The molecule has 20 heavy (non-hydrogen) atoms. The highest BCUT2D eigenvalue weighted by atomic mass is 35.5. The summed E-state index contributed by atoms with van der Waals surface area (Å²) in [5.74, 6) is 0.380. The van der Waals surface area contributed by atoms with Crippen LogP contribution >= 0.6 is 11.6 Å². The molecule has 3 rings (SSSR count). The molecule has 0 aliphatic rings. The second-order valence-electron chi connectivity index (χ2n) is 4.38. The number of oxazole rings is 1. The van der Waals surface area contributed by atoms with E-state index in [0.29, 0.717) is 33.3 Å². The first kappa shape index (κ1) is 12.7. The number of nitrogens with one attached hydrogen (secondary N) is 1. The van der Waals surface area contributed by atoms with Gasteiger partial charge in [0.25, 0.3) is 5.91 Å². The van der Waals surface area contributed by atoms with E-state index < -0.39 is 0 Å². The van der Waals surface area contributed by atoms with E-state index in [-0.39, 0.29) is 5.91 Å². The quantitative estimate of drug-likeness (QED) is 0.773. The molecule has 0 bridgehead atoms. The first-order valence-electron chi connectivity index (χ1n) is 6.06. The van der Waals surface area contributed by atoms with Crippen molar-refractivity contribution in [2.75, 3.05) is 5.32 Å². The number of benzene rings is 2. The number of carbonyl (C=O) groups is 1. The summed E-state index contributed by atoms with van der Waals surface area (Å²) in [6, 6.07) is 12.1. The molecule has 5 heteroatoms. The lowest BCUT2D eigenvalue weighted by Crippen LogP contribution is -2.11. The minimum absolute atomic E-state index is 0.199. The van der Waals surface area contributed by atoms with Crippen LogP contribution in [0.4, 0.5) is 5.69 Å². The molecular formula is C15H11ClN2O2. The number of amides is 1. The maximum absolute atomic E-state index is 12.1. The van der Waals surface area contributed by atoms with Crippen LogP contribution in [0, 0.1) is 6.92 Å². The third-order valence-electron chi connectivity index (χ3n) is 2.86. The van der Waals surface area contributed by atoms with Crippen molar-refractivity contribution in [1.82, 2.24) is 4.98 Å². The molecule has 0 spiro atoms. The topological polar surface area (TPSA) is 55.1 Å².